The largest absolute Gasteiger partial charge is 0.455 e. The number of nitrogens with one attached hydrogen (secondary N) is 1. The second-order valence-electron chi connectivity index (χ2n) is 10.6. The Morgan fingerprint density at radius 3 is 2.15 bits per heavy atom. The molecular formula is C37H24N2O2. The molecule has 1 aliphatic heterocycles. The van der Waals surface area contributed by atoms with E-state index >= 15 is 0 Å². The maximum Gasteiger partial charge on any atom is 0.147 e. The molecule has 4 nitrogen and oxygen atoms in total. The van der Waals surface area contributed by atoms with Crippen molar-refractivity contribution in [1.82, 2.24) is 0 Å². The number of hydrogen-bond donors (Lipinski definition) is 1. The van der Waals surface area contributed by atoms with E-state index in [-0.39, 0.29) is 6.17 Å². The van der Waals surface area contributed by atoms with Gasteiger partial charge in [0.1, 0.15) is 28.5 Å². The van der Waals surface area contributed by atoms with Gasteiger partial charge in [0.05, 0.1) is 16.8 Å². The van der Waals surface area contributed by atoms with Crippen LogP contribution in [0.3, 0.4) is 0 Å². The summed E-state index contributed by atoms with van der Waals surface area (Å²) in [5.74, 6) is 0. The van der Waals surface area contributed by atoms with E-state index in [1.807, 2.05) is 24.3 Å². The molecule has 2 aromatic heterocycles. The van der Waals surface area contributed by atoms with Crippen molar-refractivity contribution in [2.24, 2.45) is 0 Å². The number of hydrogen-bond acceptors (Lipinski definition) is 4. The van der Waals surface area contributed by atoms with Crippen molar-refractivity contribution in [3.63, 3.8) is 0 Å². The summed E-state index contributed by atoms with van der Waals surface area (Å²) in [4.78, 5) is 2.38. The highest BCUT2D eigenvalue weighted by atomic mass is 16.3. The molecule has 0 amide bonds. The Balaban J connectivity index is 1.30. The smallest absolute Gasteiger partial charge is 0.147 e. The monoisotopic (exact) mass is 528 g/mol. The zero-order chi connectivity index (χ0) is 26.9. The van der Waals surface area contributed by atoms with Gasteiger partial charge in [-0.15, -0.1) is 0 Å². The van der Waals surface area contributed by atoms with Gasteiger partial charge in [-0.2, -0.15) is 0 Å². The Bertz CT molecular complexity index is 2260. The van der Waals surface area contributed by atoms with Gasteiger partial charge in [0.25, 0.3) is 0 Å². The van der Waals surface area contributed by atoms with Crippen LogP contribution in [0.25, 0.3) is 55.0 Å². The third-order valence-electron chi connectivity index (χ3n) is 8.25. The summed E-state index contributed by atoms with van der Waals surface area (Å²) >= 11 is 0. The molecule has 1 N–H and O–H groups in total. The minimum absolute atomic E-state index is 0.0182. The van der Waals surface area contributed by atoms with Gasteiger partial charge in [-0.1, -0.05) is 91.0 Å². The lowest BCUT2D eigenvalue weighted by Crippen LogP contribution is -2.23. The van der Waals surface area contributed by atoms with E-state index in [0.717, 1.165) is 72.1 Å². The normalized spacial score (nSPS) is 14.7. The molecule has 0 bridgehead atoms. The van der Waals surface area contributed by atoms with Crippen LogP contribution in [0.2, 0.25) is 0 Å². The molecule has 0 saturated carbocycles. The number of benzene rings is 6. The molecule has 0 spiro atoms. The standard InChI is InChI=1S/C37H24N2O2/c1-2-11-23(12-3-1)37-38-30-17-6-7-18-31(30)39(37)25-14-10-13-24(21-25)28-22-29-26-15-4-8-19-32(26)40-36(29)34-27-16-5-9-20-33(27)41-35(28)34/h1-22,37-38H. The number of rotatable bonds is 3. The topological polar surface area (TPSA) is 41.5 Å². The second kappa shape index (κ2) is 8.51. The van der Waals surface area contributed by atoms with Crippen molar-refractivity contribution in [3.8, 4) is 11.1 Å². The number of furan rings is 2. The lowest BCUT2D eigenvalue weighted by molar-refractivity contribution is 0.663. The van der Waals surface area contributed by atoms with Gasteiger partial charge < -0.3 is 19.1 Å². The highest BCUT2D eigenvalue weighted by Gasteiger charge is 2.31. The first-order chi connectivity index (χ1) is 20.3. The van der Waals surface area contributed by atoms with Crippen molar-refractivity contribution < 1.29 is 8.83 Å². The number of anilines is 3. The zero-order valence-electron chi connectivity index (χ0n) is 22.0. The van der Waals surface area contributed by atoms with E-state index in [4.69, 9.17) is 8.83 Å². The molecule has 0 fully saturated rings. The number of para-hydroxylation sites is 4. The van der Waals surface area contributed by atoms with E-state index in [9.17, 15) is 0 Å². The van der Waals surface area contributed by atoms with Crippen LogP contribution >= 0.6 is 0 Å². The fraction of sp³-hybridized carbons (Fsp3) is 0.0270. The third kappa shape index (κ3) is 3.28. The summed E-state index contributed by atoms with van der Waals surface area (Å²) in [6, 6.07) is 46.6. The summed E-state index contributed by atoms with van der Waals surface area (Å²) in [6.07, 6.45) is -0.0182. The maximum absolute atomic E-state index is 6.57. The first-order valence-electron chi connectivity index (χ1n) is 13.9. The molecule has 41 heavy (non-hydrogen) atoms. The predicted octanol–water partition coefficient (Wildman–Crippen LogP) is 10.4. The van der Waals surface area contributed by atoms with Gasteiger partial charge >= 0.3 is 0 Å². The fourth-order valence-electron chi connectivity index (χ4n) is 6.42. The van der Waals surface area contributed by atoms with Crippen LogP contribution in [-0.2, 0) is 0 Å². The summed E-state index contributed by atoms with van der Waals surface area (Å²) < 4.78 is 13.0. The lowest BCUT2D eigenvalue weighted by Gasteiger charge is -2.28. The van der Waals surface area contributed by atoms with Crippen LogP contribution < -0.4 is 10.2 Å². The lowest BCUT2D eigenvalue weighted by atomic mass is 9.98. The first-order valence-corrected chi connectivity index (χ1v) is 13.9. The van der Waals surface area contributed by atoms with Gasteiger partial charge in [-0.3, -0.25) is 0 Å². The van der Waals surface area contributed by atoms with Crippen molar-refractivity contribution in [1.29, 1.82) is 0 Å². The third-order valence-corrected chi connectivity index (χ3v) is 8.25. The van der Waals surface area contributed by atoms with E-state index in [1.54, 1.807) is 0 Å². The Labute approximate surface area is 236 Å². The molecule has 9 rings (SSSR count). The quantitative estimate of drug-likeness (QED) is 0.248. The summed E-state index contributed by atoms with van der Waals surface area (Å²) in [5, 5.41) is 8.02. The Morgan fingerprint density at radius 2 is 1.27 bits per heavy atom. The van der Waals surface area contributed by atoms with Crippen molar-refractivity contribution in [2.45, 2.75) is 6.17 Å². The molecule has 1 unspecified atom stereocenters. The molecule has 1 aliphatic rings. The van der Waals surface area contributed by atoms with Crippen LogP contribution in [0.15, 0.2) is 142 Å². The van der Waals surface area contributed by atoms with Crippen molar-refractivity contribution in [3.05, 3.63) is 139 Å². The number of fused-ring (bicyclic) bond motifs is 8. The van der Waals surface area contributed by atoms with Crippen LogP contribution in [0.5, 0.6) is 0 Å². The molecular weight excluding hydrogens is 504 g/mol. The van der Waals surface area contributed by atoms with Gasteiger partial charge in [0, 0.05) is 27.4 Å². The maximum atomic E-state index is 6.57. The Kier molecular flexibility index (Phi) is 4.64. The summed E-state index contributed by atoms with van der Waals surface area (Å²) in [6.45, 7) is 0. The minimum Gasteiger partial charge on any atom is -0.455 e. The molecule has 6 aromatic carbocycles. The SMILES string of the molecule is c1ccc(C2Nc3ccccc3N2c2cccc(-c3cc4c5ccccc5oc4c4c3oc3ccccc34)c2)cc1. The van der Waals surface area contributed by atoms with Crippen LogP contribution in [0.1, 0.15) is 11.7 Å². The van der Waals surface area contributed by atoms with Crippen LogP contribution in [0.4, 0.5) is 17.1 Å². The Morgan fingerprint density at radius 1 is 0.561 bits per heavy atom. The molecule has 1 atom stereocenters. The summed E-state index contributed by atoms with van der Waals surface area (Å²) in [5.41, 5.74) is 10.2. The van der Waals surface area contributed by atoms with Gasteiger partial charge in [0.2, 0.25) is 0 Å². The minimum atomic E-state index is -0.0182. The van der Waals surface area contributed by atoms with E-state index in [1.165, 1.54) is 5.56 Å². The van der Waals surface area contributed by atoms with Crippen LogP contribution in [0, 0.1) is 0 Å². The fourth-order valence-corrected chi connectivity index (χ4v) is 6.42. The van der Waals surface area contributed by atoms with E-state index in [0.29, 0.717) is 0 Å². The van der Waals surface area contributed by atoms with E-state index in [2.05, 4.69) is 119 Å². The molecule has 0 aliphatic carbocycles. The second-order valence-corrected chi connectivity index (χ2v) is 10.6. The van der Waals surface area contributed by atoms with Gasteiger partial charge in [-0.05, 0) is 53.6 Å². The molecule has 0 radical (unpaired) electrons. The molecule has 3 heterocycles. The van der Waals surface area contributed by atoms with Crippen molar-refractivity contribution in [2.75, 3.05) is 10.2 Å². The molecule has 4 heteroatoms. The summed E-state index contributed by atoms with van der Waals surface area (Å²) in [7, 11) is 0. The predicted molar refractivity (Wildman–Crippen MR) is 168 cm³/mol. The van der Waals surface area contributed by atoms with Crippen molar-refractivity contribution >= 4 is 60.9 Å². The molecule has 194 valence electrons. The van der Waals surface area contributed by atoms with Gasteiger partial charge in [0.15, 0.2) is 0 Å². The van der Waals surface area contributed by atoms with Crippen LogP contribution in [-0.4, -0.2) is 0 Å². The average Bonchev–Trinajstić information content (AvgIpc) is 3.72. The molecule has 0 saturated heterocycles. The average molecular weight is 529 g/mol. The van der Waals surface area contributed by atoms with E-state index < -0.39 is 0 Å². The zero-order valence-corrected chi connectivity index (χ0v) is 22.0. The highest BCUT2D eigenvalue weighted by Crippen LogP contribution is 2.48. The highest BCUT2D eigenvalue weighted by molar-refractivity contribution is 6.25. The number of nitrogens with zero attached hydrogens (tertiary/aromatic N) is 1. The first kappa shape index (κ1) is 22.3. The Hall–Kier alpha value is -5.48. The van der Waals surface area contributed by atoms with Gasteiger partial charge in [-0.25, -0.2) is 0 Å². The molecule has 8 aromatic rings.